The van der Waals surface area contributed by atoms with Crippen LogP contribution < -0.4 is 15.6 Å². The average molecular weight is 389 g/mol. The molecule has 0 saturated heterocycles. The summed E-state index contributed by atoms with van der Waals surface area (Å²) in [6, 6.07) is 15.8. The molecular formula is C21H19N5O3. The van der Waals surface area contributed by atoms with Gasteiger partial charge in [0, 0.05) is 23.7 Å². The number of nitrogens with one attached hydrogen (secondary N) is 2. The van der Waals surface area contributed by atoms with Crippen LogP contribution in [-0.2, 0) is 6.54 Å². The van der Waals surface area contributed by atoms with Crippen molar-refractivity contribution in [3.8, 4) is 17.0 Å². The third-order valence-electron chi connectivity index (χ3n) is 4.54. The smallest absolute Gasteiger partial charge is 0.266 e. The Hall–Kier alpha value is -3.94. The number of benzene rings is 2. The topological polar surface area (TPSA) is 102 Å². The Morgan fingerprint density at radius 1 is 1.14 bits per heavy atom. The number of hydrogen-bond acceptors (Lipinski definition) is 5. The van der Waals surface area contributed by atoms with Crippen molar-refractivity contribution in [3.63, 3.8) is 0 Å². The van der Waals surface area contributed by atoms with Gasteiger partial charge in [0.1, 0.15) is 5.75 Å². The highest BCUT2D eigenvalue weighted by atomic mass is 16.5. The maximum absolute atomic E-state index is 12.4. The third-order valence-corrected chi connectivity index (χ3v) is 4.54. The Morgan fingerprint density at radius 2 is 1.97 bits per heavy atom. The van der Waals surface area contributed by atoms with Gasteiger partial charge in [-0.2, -0.15) is 5.10 Å². The van der Waals surface area contributed by atoms with E-state index in [1.807, 2.05) is 24.3 Å². The number of carbonyl (C=O) groups excluding carboxylic acids is 1. The Balaban J connectivity index is 1.43. The van der Waals surface area contributed by atoms with Crippen LogP contribution >= 0.6 is 0 Å². The maximum Gasteiger partial charge on any atom is 0.266 e. The van der Waals surface area contributed by atoms with Crippen LogP contribution in [0.5, 0.6) is 5.75 Å². The van der Waals surface area contributed by atoms with E-state index in [2.05, 4.69) is 20.4 Å². The van der Waals surface area contributed by atoms with Gasteiger partial charge in [-0.25, -0.2) is 9.67 Å². The molecule has 0 atom stereocenters. The van der Waals surface area contributed by atoms with E-state index < -0.39 is 0 Å². The van der Waals surface area contributed by atoms with E-state index in [-0.39, 0.29) is 24.6 Å². The fraction of sp³-hybridized carbons (Fsp3) is 0.143. The number of amides is 1. The van der Waals surface area contributed by atoms with Gasteiger partial charge in [-0.1, -0.05) is 0 Å². The van der Waals surface area contributed by atoms with Gasteiger partial charge < -0.3 is 15.0 Å². The first-order valence-electron chi connectivity index (χ1n) is 9.08. The Morgan fingerprint density at radius 3 is 2.76 bits per heavy atom. The number of ether oxygens (including phenoxy) is 1. The van der Waals surface area contributed by atoms with Gasteiger partial charge in [-0.05, 0) is 48.5 Å². The molecule has 2 N–H and O–H groups in total. The fourth-order valence-electron chi connectivity index (χ4n) is 2.98. The van der Waals surface area contributed by atoms with Crippen LogP contribution in [0.1, 0.15) is 10.4 Å². The molecule has 0 aliphatic carbocycles. The third kappa shape index (κ3) is 4.01. The zero-order valence-corrected chi connectivity index (χ0v) is 15.8. The number of fused-ring (bicyclic) bond motifs is 1. The van der Waals surface area contributed by atoms with Gasteiger partial charge in [-0.15, -0.1) is 0 Å². The van der Waals surface area contributed by atoms with Crippen LogP contribution in [0.25, 0.3) is 22.3 Å². The summed E-state index contributed by atoms with van der Waals surface area (Å²) < 4.78 is 6.50. The van der Waals surface area contributed by atoms with Crippen LogP contribution in [-0.4, -0.2) is 39.3 Å². The number of hydrogen-bond donors (Lipinski definition) is 2. The number of carbonyl (C=O) groups is 1. The number of nitrogens with zero attached hydrogens (tertiary/aromatic N) is 3. The molecule has 0 unspecified atom stereocenters. The minimum absolute atomic E-state index is 0.221. The lowest BCUT2D eigenvalue weighted by Crippen LogP contribution is -2.31. The second kappa shape index (κ2) is 7.97. The number of H-pyrrole nitrogens is 1. The summed E-state index contributed by atoms with van der Waals surface area (Å²) in [5, 5.41) is 7.22. The predicted molar refractivity (Wildman–Crippen MR) is 109 cm³/mol. The Kier molecular flexibility index (Phi) is 5.07. The SMILES string of the molecule is COc1ccc(-c2ccc(=O)n(CCNC(=O)c3ccc4nc[nH]c4c3)n2)cc1. The van der Waals surface area contributed by atoms with Crippen molar-refractivity contribution in [3.05, 3.63) is 76.8 Å². The van der Waals surface area contributed by atoms with Crippen LogP contribution in [0, 0.1) is 0 Å². The van der Waals surface area contributed by atoms with Crippen LogP contribution in [0.4, 0.5) is 0 Å². The number of imidazole rings is 1. The summed E-state index contributed by atoms with van der Waals surface area (Å²) in [5.41, 5.74) is 3.43. The van der Waals surface area contributed by atoms with E-state index in [0.717, 1.165) is 22.3 Å². The number of methoxy groups -OCH3 is 1. The average Bonchev–Trinajstić information content (AvgIpc) is 3.23. The lowest BCUT2D eigenvalue weighted by Gasteiger charge is -2.09. The zero-order chi connectivity index (χ0) is 20.2. The van der Waals surface area contributed by atoms with Crippen molar-refractivity contribution in [2.75, 3.05) is 13.7 Å². The maximum atomic E-state index is 12.4. The monoisotopic (exact) mass is 389 g/mol. The number of aromatic amines is 1. The molecule has 8 nitrogen and oxygen atoms in total. The van der Waals surface area contributed by atoms with E-state index in [0.29, 0.717) is 11.3 Å². The normalized spacial score (nSPS) is 10.8. The first-order chi connectivity index (χ1) is 14.1. The zero-order valence-electron chi connectivity index (χ0n) is 15.8. The predicted octanol–water partition coefficient (Wildman–Crippen LogP) is 2.23. The van der Waals surface area contributed by atoms with Gasteiger partial charge in [-0.3, -0.25) is 9.59 Å². The summed E-state index contributed by atoms with van der Waals surface area (Å²) in [4.78, 5) is 31.6. The van der Waals surface area contributed by atoms with Gasteiger partial charge in [0.15, 0.2) is 0 Å². The molecule has 2 aromatic carbocycles. The molecule has 0 bridgehead atoms. The Bertz CT molecular complexity index is 1210. The molecule has 1 amide bonds. The first kappa shape index (κ1) is 18.4. The van der Waals surface area contributed by atoms with Crippen molar-refractivity contribution in [1.82, 2.24) is 25.1 Å². The highest BCUT2D eigenvalue weighted by Gasteiger charge is 2.08. The van der Waals surface area contributed by atoms with E-state index in [9.17, 15) is 9.59 Å². The van der Waals surface area contributed by atoms with Crippen molar-refractivity contribution < 1.29 is 9.53 Å². The molecule has 0 fully saturated rings. The molecule has 0 saturated carbocycles. The lowest BCUT2D eigenvalue weighted by molar-refractivity contribution is 0.0952. The molecule has 2 aromatic heterocycles. The molecule has 4 rings (SSSR count). The van der Waals surface area contributed by atoms with E-state index in [4.69, 9.17) is 4.74 Å². The van der Waals surface area contributed by atoms with Gasteiger partial charge in [0.05, 0.1) is 36.7 Å². The molecule has 8 heteroatoms. The Labute approximate surface area is 166 Å². The van der Waals surface area contributed by atoms with E-state index in [1.54, 1.807) is 37.7 Å². The molecule has 0 aliphatic rings. The molecule has 146 valence electrons. The molecule has 29 heavy (non-hydrogen) atoms. The lowest BCUT2D eigenvalue weighted by atomic mass is 10.1. The molecule has 0 spiro atoms. The van der Waals surface area contributed by atoms with Crippen molar-refractivity contribution in [2.24, 2.45) is 0 Å². The van der Waals surface area contributed by atoms with E-state index >= 15 is 0 Å². The summed E-state index contributed by atoms with van der Waals surface area (Å²) in [7, 11) is 1.61. The summed E-state index contributed by atoms with van der Waals surface area (Å²) >= 11 is 0. The second-order valence-corrected chi connectivity index (χ2v) is 6.40. The molecule has 0 aliphatic heterocycles. The van der Waals surface area contributed by atoms with Gasteiger partial charge >= 0.3 is 0 Å². The highest BCUT2D eigenvalue weighted by molar-refractivity contribution is 5.97. The molecule has 4 aromatic rings. The van der Waals surface area contributed by atoms with Crippen molar-refractivity contribution in [2.45, 2.75) is 6.54 Å². The standard InChI is InChI=1S/C21H19N5O3/c1-29-16-5-2-14(3-6-16)17-8-9-20(27)26(25-17)11-10-22-21(28)15-4-7-18-19(12-15)24-13-23-18/h2-9,12-13H,10-11H2,1H3,(H,22,28)(H,23,24). The molecule has 2 heterocycles. The number of aromatic nitrogens is 4. The van der Waals surface area contributed by atoms with E-state index in [1.165, 1.54) is 10.7 Å². The summed E-state index contributed by atoms with van der Waals surface area (Å²) in [6.07, 6.45) is 1.58. The second-order valence-electron chi connectivity index (χ2n) is 6.40. The fourth-order valence-corrected chi connectivity index (χ4v) is 2.98. The molecular weight excluding hydrogens is 370 g/mol. The van der Waals surface area contributed by atoms with Gasteiger partial charge in [0.2, 0.25) is 0 Å². The van der Waals surface area contributed by atoms with Crippen LogP contribution in [0.3, 0.4) is 0 Å². The summed E-state index contributed by atoms with van der Waals surface area (Å²) in [6.45, 7) is 0.541. The highest BCUT2D eigenvalue weighted by Crippen LogP contribution is 2.19. The number of rotatable bonds is 6. The molecule has 0 radical (unpaired) electrons. The van der Waals surface area contributed by atoms with Crippen molar-refractivity contribution in [1.29, 1.82) is 0 Å². The minimum atomic E-state index is -0.226. The largest absolute Gasteiger partial charge is 0.497 e. The van der Waals surface area contributed by atoms with Gasteiger partial charge in [0.25, 0.3) is 11.5 Å². The van der Waals surface area contributed by atoms with Crippen LogP contribution in [0.15, 0.2) is 65.7 Å². The first-order valence-corrected chi connectivity index (χ1v) is 9.08. The van der Waals surface area contributed by atoms with Crippen molar-refractivity contribution >= 4 is 16.9 Å². The quantitative estimate of drug-likeness (QED) is 0.527. The summed E-state index contributed by atoms with van der Waals surface area (Å²) in [5.74, 6) is 0.527. The minimum Gasteiger partial charge on any atom is -0.497 e. The van der Waals surface area contributed by atoms with Crippen LogP contribution in [0.2, 0.25) is 0 Å².